The van der Waals surface area contributed by atoms with Crippen molar-refractivity contribution in [3.05, 3.63) is 46.5 Å². The molecule has 1 aromatic carbocycles. The van der Waals surface area contributed by atoms with Crippen molar-refractivity contribution in [2.45, 2.75) is 117 Å². The average molecular weight is 760 g/mol. The topological polar surface area (TPSA) is 144 Å². The van der Waals surface area contributed by atoms with Gasteiger partial charge in [0.05, 0.1) is 19.2 Å². The van der Waals surface area contributed by atoms with Crippen LogP contribution < -0.4 is 15.0 Å². The average Bonchev–Trinajstić information content (AvgIpc) is 3.78. The van der Waals surface area contributed by atoms with Crippen molar-refractivity contribution >= 4 is 41.2 Å². The number of rotatable bonds is 7. The molecule has 3 amide bonds. The summed E-state index contributed by atoms with van der Waals surface area (Å²) in [5.41, 5.74) is -0.303. The summed E-state index contributed by atoms with van der Waals surface area (Å²) < 4.78 is 23.2. The number of alkyl carbamates (subject to hydrolysis) is 1. The predicted octanol–water partition coefficient (Wildman–Crippen LogP) is 6.21. The lowest BCUT2D eigenvalue weighted by molar-refractivity contribution is -0.163. The number of amides is 3. The number of nitrogens with one attached hydrogen (secondary N) is 1. The van der Waals surface area contributed by atoms with E-state index in [9.17, 15) is 24.3 Å². The van der Waals surface area contributed by atoms with Crippen LogP contribution in [0.1, 0.15) is 86.1 Å². The van der Waals surface area contributed by atoms with Gasteiger partial charge in [-0.3, -0.25) is 14.9 Å². The van der Waals surface area contributed by atoms with Crippen LogP contribution >= 0.6 is 11.6 Å². The molecule has 1 aliphatic carbocycles. The molecule has 294 valence electrons. The van der Waals surface area contributed by atoms with E-state index < -0.39 is 47.6 Å². The van der Waals surface area contributed by atoms with Gasteiger partial charge in [-0.1, -0.05) is 70.0 Å². The molecule has 2 heterocycles. The molecule has 12 nitrogen and oxygen atoms in total. The first-order valence-electron chi connectivity index (χ1n) is 18.3. The molecule has 13 heteroatoms. The Labute approximate surface area is 319 Å². The molecule has 1 saturated heterocycles. The molecule has 2 N–H and O–H groups in total. The number of hydrogen-bond acceptors (Lipinski definition) is 9. The van der Waals surface area contributed by atoms with E-state index in [0.717, 1.165) is 11.1 Å². The number of methoxy groups -OCH3 is 2. The fourth-order valence-electron chi connectivity index (χ4n) is 7.43. The normalized spacial score (nSPS) is 31.5. The molecule has 1 saturated carbocycles. The second-order valence-corrected chi connectivity index (χ2v) is 16.9. The molecular formula is C40H58ClN3O9. The Morgan fingerprint density at radius 3 is 2.51 bits per heavy atom. The van der Waals surface area contributed by atoms with Crippen LogP contribution in [0.3, 0.4) is 0 Å². The third kappa shape index (κ3) is 9.74. The highest BCUT2D eigenvalue weighted by molar-refractivity contribution is 6.35. The van der Waals surface area contributed by atoms with E-state index in [-0.39, 0.29) is 53.4 Å². The van der Waals surface area contributed by atoms with Crippen molar-refractivity contribution in [1.29, 1.82) is 0 Å². The lowest BCUT2D eigenvalue weighted by Gasteiger charge is -2.42. The Hall–Kier alpha value is -3.61. The lowest BCUT2D eigenvalue weighted by Crippen LogP contribution is -2.63. The Morgan fingerprint density at radius 2 is 1.89 bits per heavy atom. The van der Waals surface area contributed by atoms with Gasteiger partial charge in [-0.15, -0.1) is 0 Å². The maximum absolute atomic E-state index is 14.2. The number of benzene rings is 1. The fourth-order valence-corrected chi connectivity index (χ4v) is 7.75. The van der Waals surface area contributed by atoms with E-state index in [0.29, 0.717) is 30.7 Å². The summed E-state index contributed by atoms with van der Waals surface area (Å²) >= 11 is 6.79. The van der Waals surface area contributed by atoms with Crippen molar-refractivity contribution < 1.29 is 43.2 Å². The number of ether oxygens (including phenoxy) is 4. The van der Waals surface area contributed by atoms with E-state index in [4.69, 9.17) is 30.5 Å². The zero-order chi connectivity index (χ0) is 39.6. The van der Waals surface area contributed by atoms with Gasteiger partial charge in [0.1, 0.15) is 35.1 Å². The summed E-state index contributed by atoms with van der Waals surface area (Å²) in [6, 6.07) is 2.74. The number of hydrogen-bond donors (Lipinski definition) is 2. The highest BCUT2D eigenvalue weighted by atomic mass is 35.5. The van der Waals surface area contributed by atoms with Crippen LogP contribution in [0.2, 0.25) is 5.02 Å². The zero-order valence-corrected chi connectivity index (χ0v) is 33.8. The first-order valence-corrected chi connectivity index (χ1v) is 18.7. The molecule has 1 aromatic rings. The maximum Gasteiger partial charge on any atom is 0.409 e. The number of carbonyl (C=O) groups is 4. The van der Waals surface area contributed by atoms with Crippen molar-refractivity contribution in [3.63, 3.8) is 0 Å². The summed E-state index contributed by atoms with van der Waals surface area (Å²) in [7, 11) is 6.18. The molecule has 4 bridgehead atoms. The van der Waals surface area contributed by atoms with Gasteiger partial charge >= 0.3 is 12.1 Å². The first-order chi connectivity index (χ1) is 24.6. The number of carbonyl (C=O) groups excluding carboxylic acids is 4. The van der Waals surface area contributed by atoms with E-state index >= 15 is 0 Å². The highest BCUT2D eigenvalue weighted by Crippen LogP contribution is 2.61. The van der Waals surface area contributed by atoms with Crippen LogP contribution in [-0.4, -0.2) is 92.3 Å². The van der Waals surface area contributed by atoms with Crippen LogP contribution in [-0.2, 0) is 35.0 Å². The molecule has 8 atom stereocenters. The number of likely N-dealkylation sites (N-methyl/N-ethyl adjacent to an activating group) is 1. The Morgan fingerprint density at radius 1 is 1.21 bits per heavy atom. The van der Waals surface area contributed by atoms with E-state index in [1.54, 1.807) is 33.2 Å². The molecule has 0 aromatic heterocycles. The third-order valence-electron chi connectivity index (χ3n) is 11.3. The summed E-state index contributed by atoms with van der Waals surface area (Å²) in [6.07, 6.45) is 3.89. The Bertz CT molecular complexity index is 1620. The maximum atomic E-state index is 14.2. The van der Waals surface area contributed by atoms with Gasteiger partial charge in [0.2, 0.25) is 11.8 Å². The quantitative estimate of drug-likeness (QED) is 0.310. The fraction of sp³-hybridized carbons (Fsp3) is 0.650. The molecule has 53 heavy (non-hydrogen) atoms. The van der Waals surface area contributed by atoms with Gasteiger partial charge in [0.25, 0.3) is 0 Å². The second kappa shape index (κ2) is 16.4. The standard InChI is InChI=1S/C40H58ClN3O9/c1-23-13-12-14-31(51-11)40(49)22-30(52-37(48)42-40)24(2)27-21-39(27,7)32(53-36(47)25(3)43(8)33(45)15-16-38(4,5)6)20-34(46)44(9)28-18-26(17-23)19-29(50-10)35(28)41/h12-14,18-19,24-25,27,30-32,49H,15-17,20-22H2,1-11H3,(H,42,48)/b14-12+,23-13+/t24-,25-,27-,30-,31+,32-,39-,40-/m0/s1. The monoisotopic (exact) mass is 759 g/mol. The molecular weight excluding hydrogens is 702 g/mol. The van der Waals surface area contributed by atoms with Crippen LogP contribution in [0.5, 0.6) is 5.75 Å². The predicted molar refractivity (Wildman–Crippen MR) is 203 cm³/mol. The minimum atomic E-state index is -1.77. The smallest absolute Gasteiger partial charge is 0.409 e. The van der Waals surface area contributed by atoms with Gasteiger partial charge in [0.15, 0.2) is 5.72 Å². The number of anilines is 1. The number of esters is 1. The van der Waals surface area contributed by atoms with Crippen molar-refractivity contribution in [3.8, 4) is 5.75 Å². The summed E-state index contributed by atoms with van der Waals surface area (Å²) in [5.74, 6) is -1.21. The van der Waals surface area contributed by atoms with Crippen LogP contribution in [0.15, 0.2) is 35.9 Å². The summed E-state index contributed by atoms with van der Waals surface area (Å²) in [5, 5.41) is 14.6. The highest BCUT2D eigenvalue weighted by Gasteiger charge is 2.62. The number of allylic oxidation sites excluding steroid dienone is 3. The van der Waals surface area contributed by atoms with Crippen molar-refractivity contribution in [2.24, 2.45) is 22.7 Å². The lowest BCUT2D eigenvalue weighted by atomic mass is 9.83. The van der Waals surface area contributed by atoms with Crippen LogP contribution in [0.25, 0.3) is 0 Å². The second-order valence-electron chi connectivity index (χ2n) is 16.6. The largest absolute Gasteiger partial charge is 0.495 e. The molecule has 4 rings (SSSR count). The van der Waals surface area contributed by atoms with E-state index in [1.807, 2.05) is 39.0 Å². The number of aliphatic hydroxyl groups is 1. The molecule has 2 fully saturated rings. The Kier molecular flexibility index (Phi) is 13.0. The minimum Gasteiger partial charge on any atom is -0.495 e. The van der Waals surface area contributed by atoms with Gasteiger partial charge in [-0.05, 0) is 68.1 Å². The van der Waals surface area contributed by atoms with Crippen LogP contribution in [0.4, 0.5) is 10.5 Å². The van der Waals surface area contributed by atoms with Gasteiger partial charge < -0.3 is 33.9 Å². The molecule has 3 aliphatic rings. The van der Waals surface area contributed by atoms with E-state index in [1.165, 1.54) is 24.0 Å². The molecule has 0 unspecified atom stereocenters. The first kappa shape index (κ1) is 42.1. The molecule has 0 spiro atoms. The SMILES string of the molecule is COc1cc2cc(c1Cl)N(C)C(=O)C[C@H](OC(=O)[C@H](C)N(C)C(=O)CCC(C)(C)C)[C@@]1(C)C[C@H]1[C@H](C)[C@@H]1C[C@@](O)(NC(=O)O1)[C@H](OC)/C=C/C=C(\C)C2. The van der Waals surface area contributed by atoms with Crippen molar-refractivity contribution in [2.75, 3.05) is 33.2 Å². The Balaban J connectivity index is 1.74. The molecule has 2 aliphatic heterocycles. The van der Waals surface area contributed by atoms with E-state index in [2.05, 4.69) is 26.1 Å². The third-order valence-corrected chi connectivity index (χ3v) is 11.7. The molecule has 0 radical (unpaired) electrons. The van der Waals surface area contributed by atoms with Gasteiger partial charge in [-0.25, -0.2) is 9.59 Å². The zero-order valence-electron chi connectivity index (χ0n) is 33.1. The minimum absolute atomic E-state index is 0.0345. The van der Waals surface area contributed by atoms with Gasteiger partial charge in [-0.2, -0.15) is 0 Å². The number of fused-ring (bicyclic) bond motifs is 5. The number of nitrogens with zero attached hydrogens (tertiary/aromatic N) is 2. The summed E-state index contributed by atoms with van der Waals surface area (Å²) in [4.78, 5) is 56.8. The number of halogens is 1. The van der Waals surface area contributed by atoms with Crippen LogP contribution in [0, 0.1) is 22.7 Å². The summed E-state index contributed by atoms with van der Waals surface area (Å²) in [6.45, 7) is 13.6. The van der Waals surface area contributed by atoms with Gasteiger partial charge in [0, 0.05) is 39.5 Å². The van der Waals surface area contributed by atoms with Crippen molar-refractivity contribution in [1.82, 2.24) is 10.2 Å².